The number of nitrogen functional groups attached to an aromatic ring is 1. The molecule has 0 fully saturated rings. The Morgan fingerprint density at radius 3 is 2.89 bits per heavy atom. The Labute approximate surface area is 107 Å². The van der Waals surface area contributed by atoms with Crippen LogP contribution in [0.25, 0.3) is 11.1 Å². The number of nitrogens with two attached hydrogens (primary N) is 1. The van der Waals surface area contributed by atoms with E-state index in [1.807, 2.05) is 24.6 Å². The number of nitrogens with zero attached hydrogens (tertiary/aromatic N) is 4. The van der Waals surface area contributed by atoms with Crippen molar-refractivity contribution < 1.29 is 4.42 Å². The van der Waals surface area contributed by atoms with Crippen molar-refractivity contribution in [1.82, 2.24) is 19.7 Å². The Morgan fingerprint density at radius 1 is 1.33 bits per heavy atom. The summed E-state index contributed by atoms with van der Waals surface area (Å²) in [5.74, 6) is 0.845. The third-order valence-electron chi connectivity index (χ3n) is 2.62. The summed E-state index contributed by atoms with van der Waals surface area (Å²) in [6, 6.07) is 5.38. The average molecular weight is 261 g/mol. The molecule has 0 spiro atoms. The van der Waals surface area contributed by atoms with Gasteiger partial charge in [-0.05, 0) is 25.1 Å². The lowest BCUT2D eigenvalue weighted by Gasteiger charge is -1.96. The minimum atomic E-state index is 0.533. The van der Waals surface area contributed by atoms with Gasteiger partial charge in [0.2, 0.25) is 0 Å². The fourth-order valence-electron chi connectivity index (χ4n) is 1.52. The molecule has 2 aromatic heterocycles. The highest BCUT2D eigenvalue weighted by Crippen LogP contribution is 2.29. The van der Waals surface area contributed by atoms with E-state index in [9.17, 15) is 0 Å². The number of benzene rings is 1. The van der Waals surface area contributed by atoms with Crippen molar-refractivity contribution in [3.05, 3.63) is 24.0 Å². The number of aromatic nitrogens is 4. The molecule has 0 unspecified atom stereocenters. The van der Waals surface area contributed by atoms with Crippen LogP contribution in [0.1, 0.15) is 5.82 Å². The SMILES string of the molecule is Cc1nnc(Sc2nc3cc(N)ccc3o2)n1C. The van der Waals surface area contributed by atoms with Crippen LogP contribution in [0.15, 0.2) is 33.0 Å². The summed E-state index contributed by atoms with van der Waals surface area (Å²) < 4.78 is 7.49. The molecule has 3 rings (SSSR count). The quantitative estimate of drug-likeness (QED) is 0.710. The largest absolute Gasteiger partial charge is 0.431 e. The van der Waals surface area contributed by atoms with Crippen LogP contribution in [0.3, 0.4) is 0 Å². The van der Waals surface area contributed by atoms with Gasteiger partial charge in [0, 0.05) is 24.5 Å². The first kappa shape index (κ1) is 11.1. The van der Waals surface area contributed by atoms with E-state index in [4.69, 9.17) is 10.2 Å². The molecule has 0 aliphatic heterocycles. The van der Waals surface area contributed by atoms with Crippen LogP contribution in [-0.4, -0.2) is 19.7 Å². The number of fused-ring (bicyclic) bond motifs is 1. The maximum Gasteiger partial charge on any atom is 0.264 e. The number of aryl methyl sites for hydroxylation is 1. The van der Waals surface area contributed by atoms with Crippen molar-refractivity contribution in [2.75, 3.05) is 5.73 Å². The second kappa shape index (κ2) is 4.02. The highest BCUT2D eigenvalue weighted by atomic mass is 32.2. The van der Waals surface area contributed by atoms with Gasteiger partial charge >= 0.3 is 0 Å². The Balaban J connectivity index is 1.98. The predicted octanol–water partition coefficient (Wildman–Crippen LogP) is 2.00. The van der Waals surface area contributed by atoms with E-state index in [0.717, 1.165) is 16.5 Å². The molecule has 2 N–H and O–H groups in total. The van der Waals surface area contributed by atoms with Crippen molar-refractivity contribution >= 4 is 28.5 Å². The molecule has 6 nitrogen and oxygen atoms in total. The minimum Gasteiger partial charge on any atom is -0.431 e. The molecule has 0 aliphatic carbocycles. The fraction of sp³-hybridized carbons (Fsp3) is 0.182. The Bertz CT molecular complexity index is 717. The molecule has 92 valence electrons. The zero-order valence-electron chi connectivity index (χ0n) is 9.91. The molecule has 0 radical (unpaired) electrons. The van der Waals surface area contributed by atoms with E-state index < -0.39 is 0 Å². The van der Waals surface area contributed by atoms with Crippen LogP contribution in [0.5, 0.6) is 0 Å². The highest BCUT2D eigenvalue weighted by Gasteiger charge is 2.12. The molecule has 2 heterocycles. The first-order valence-electron chi connectivity index (χ1n) is 5.33. The van der Waals surface area contributed by atoms with Crippen LogP contribution >= 0.6 is 11.8 Å². The minimum absolute atomic E-state index is 0.533. The van der Waals surface area contributed by atoms with Crippen molar-refractivity contribution in [1.29, 1.82) is 0 Å². The Morgan fingerprint density at radius 2 is 2.17 bits per heavy atom. The monoisotopic (exact) mass is 261 g/mol. The predicted molar refractivity (Wildman–Crippen MR) is 68.3 cm³/mol. The Hall–Kier alpha value is -2.02. The third-order valence-corrected chi connectivity index (χ3v) is 3.51. The first-order chi connectivity index (χ1) is 8.63. The standard InChI is InChI=1S/C11H11N5OS/c1-6-14-15-10(16(6)2)18-11-13-8-5-7(12)3-4-9(8)17-11/h3-5H,12H2,1-2H3. The molecule has 7 heteroatoms. The van der Waals surface area contributed by atoms with Gasteiger partial charge in [-0.3, -0.25) is 0 Å². The average Bonchev–Trinajstić information content (AvgIpc) is 2.86. The summed E-state index contributed by atoms with van der Waals surface area (Å²) in [5.41, 5.74) is 7.83. The summed E-state index contributed by atoms with van der Waals surface area (Å²) in [6.45, 7) is 1.89. The lowest BCUT2D eigenvalue weighted by Crippen LogP contribution is -1.92. The van der Waals surface area contributed by atoms with E-state index in [2.05, 4.69) is 15.2 Å². The Kier molecular flexibility index (Phi) is 2.48. The van der Waals surface area contributed by atoms with E-state index in [1.54, 1.807) is 12.1 Å². The maximum absolute atomic E-state index is 5.70. The van der Waals surface area contributed by atoms with Gasteiger partial charge in [-0.2, -0.15) is 0 Å². The smallest absolute Gasteiger partial charge is 0.264 e. The highest BCUT2D eigenvalue weighted by molar-refractivity contribution is 7.99. The van der Waals surface area contributed by atoms with Gasteiger partial charge in [0.1, 0.15) is 11.3 Å². The van der Waals surface area contributed by atoms with E-state index >= 15 is 0 Å². The van der Waals surface area contributed by atoms with E-state index in [0.29, 0.717) is 16.5 Å². The molecule has 18 heavy (non-hydrogen) atoms. The molecule has 0 saturated heterocycles. The lowest BCUT2D eigenvalue weighted by atomic mass is 10.3. The topological polar surface area (TPSA) is 82.8 Å². The van der Waals surface area contributed by atoms with Crippen LogP contribution in [0.2, 0.25) is 0 Å². The summed E-state index contributed by atoms with van der Waals surface area (Å²) in [7, 11) is 1.90. The van der Waals surface area contributed by atoms with Crippen LogP contribution in [0, 0.1) is 6.92 Å². The zero-order valence-corrected chi connectivity index (χ0v) is 10.7. The molecule has 0 saturated carbocycles. The summed E-state index contributed by atoms with van der Waals surface area (Å²) >= 11 is 1.34. The second-order valence-corrected chi connectivity index (χ2v) is 4.82. The zero-order chi connectivity index (χ0) is 12.7. The fourth-order valence-corrected chi connectivity index (χ4v) is 2.30. The molecular weight excluding hydrogens is 250 g/mol. The lowest BCUT2D eigenvalue weighted by molar-refractivity contribution is 0.488. The maximum atomic E-state index is 5.70. The van der Waals surface area contributed by atoms with Crippen molar-refractivity contribution in [3.8, 4) is 0 Å². The van der Waals surface area contributed by atoms with Crippen LogP contribution < -0.4 is 5.73 Å². The molecule has 0 atom stereocenters. The third kappa shape index (κ3) is 1.82. The number of oxazole rings is 1. The van der Waals surface area contributed by atoms with Gasteiger partial charge in [-0.15, -0.1) is 10.2 Å². The summed E-state index contributed by atoms with van der Waals surface area (Å²) in [6.07, 6.45) is 0. The molecular formula is C11H11N5OS. The number of hydrogen-bond acceptors (Lipinski definition) is 6. The van der Waals surface area contributed by atoms with Gasteiger partial charge in [-0.1, -0.05) is 0 Å². The van der Waals surface area contributed by atoms with Gasteiger partial charge in [0.25, 0.3) is 5.22 Å². The molecule has 0 amide bonds. The van der Waals surface area contributed by atoms with Crippen LogP contribution in [-0.2, 0) is 7.05 Å². The van der Waals surface area contributed by atoms with Gasteiger partial charge in [-0.25, -0.2) is 4.98 Å². The number of rotatable bonds is 2. The number of hydrogen-bond donors (Lipinski definition) is 1. The molecule has 3 aromatic rings. The molecule has 1 aromatic carbocycles. The second-order valence-electron chi connectivity index (χ2n) is 3.90. The van der Waals surface area contributed by atoms with Gasteiger partial charge < -0.3 is 14.7 Å². The van der Waals surface area contributed by atoms with Gasteiger partial charge in [0.15, 0.2) is 10.7 Å². The molecule has 0 bridgehead atoms. The van der Waals surface area contributed by atoms with Crippen LogP contribution in [0.4, 0.5) is 5.69 Å². The van der Waals surface area contributed by atoms with Gasteiger partial charge in [0.05, 0.1) is 0 Å². The first-order valence-corrected chi connectivity index (χ1v) is 6.15. The van der Waals surface area contributed by atoms with Crippen molar-refractivity contribution in [3.63, 3.8) is 0 Å². The van der Waals surface area contributed by atoms with Crippen molar-refractivity contribution in [2.24, 2.45) is 7.05 Å². The number of anilines is 1. The molecule has 0 aliphatic rings. The van der Waals surface area contributed by atoms with E-state index in [-0.39, 0.29) is 0 Å². The summed E-state index contributed by atoms with van der Waals surface area (Å²) in [4.78, 5) is 4.35. The normalized spacial score (nSPS) is 11.2. The summed E-state index contributed by atoms with van der Waals surface area (Å²) in [5, 5.41) is 9.31. The van der Waals surface area contributed by atoms with Crippen molar-refractivity contribution in [2.45, 2.75) is 17.3 Å². The van der Waals surface area contributed by atoms with E-state index in [1.165, 1.54) is 11.8 Å².